The summed E-state index contributed by atoms with van der Waals surface area (Å²) >= 11 is 0. The molecule has 0 saturated carbocycles. The fourth-order valence-electron chi connectivity index (χ4n) is 2.93. The standard InChI is InChI=1S/C22H22FN3O/c1-3-26(20-9-4-6-16(2)12-20)21-11-10-19(15-24-21)25-22(27)14-17-7-5-8-18(23)13-17/h4-13,15H,3,14H2,1-2H3,(H,25,27). The van der Waals surface area contributed by atoms with Crippen molar-refractivity contribution < 1.29 is 9.18 Å². The Balaban J connectivity index is 1.68. The molecule has 1 N–H and O–H groups in total. The van der Waals surface area contributed by atoms with Gasteiger partial charge in [-0.15, -0.1) is 0 Å². The van der Waals surface area contributed by atoms with E-state index in [1.165, 1.54) is 17.7 Å². The maximum Gasteiger partial charge on any atom is 0.228 e. The van der Waals surface area contributed by atoms with Crippen LogP contribution in [0.2, 0.25) is 0 Å². The minimum Gasteiger partial charge on any atom is -0.327 e. The molecule has 0 fully saturated rings. The lowest BCUT2D eigenvalue weighted by molar-refractivity contribution is -0.115. The van der Waals surface area contributed by atoms with Crippen LogP contribution in [0.3, 0.4) is 0 Å². The molecule has 0 bridgehead atoms. The summed E-state index contributed by atoms with van der Waals surface area (Å²) in [5.41, 5.74) is 3.51. The Morgan fingerprint density at radius 1 is 1.11 bits per heavy atom. The maximum atomic E-state index is 13.2. The van der Waals surface area contributed by atoms with Crippen molar-refractivity contribution in [3.05, 3.63) is 83.8 Å². The smallest absolute Gasteiger partial charge is 0.228 e. The molecule has 1 aromatic heterocycles. The number of aryl methyl sites for hydroxylation is 1. The van der Waals surface area contributed by atoms with Gasteiger partial charge in [0.05, 0.1) is 18.3 Å². The van der Waals surface area contributed by atoms with Crippen molar-refractivity contribution in [1.82, 2.24) is 4.98 Å². The van der Waals surface area contributed by atoms with Gasteiger partial charge in [-0.1, -0.05) is 24.3 Å². The second-order valence-electron chi connectivity index (χ2n) is 6.34. The van der Waals surface area contributed by atoms with E-state index < -0.39 is 0 Å². The summed E-state index contributed by atoms with van der Waals surface area (Å²) in [6.45, 7) is 4.91. The van der Waals surface area contributed by atoms with Gasteiger partial charge in [-0.05, 0) is 61.4 Å². The molecule has 0 spiro atoms. The lowest BCUT2D eigenvalue weighted by Crippen LogP contribution is -2.18. The molecule has 5 heteroatoms. The topological polar surface area (TPSA) is 45.2 Å². The second-order valence-corrected chi connectivity index (χ2v) is 6.34. The average molecular weight is 363 g/mol. The predicted octanol–water partition coefficient (Wildman–Crippen LogP) is 4.87. The van der Waals surface area contributed by atoms with Crippen LogP contribution < -0.4 is 10.2 Å². The highest BCUT2D eigenvalue weighted by Gasteiger charge is 2.10. The van der Waals surface area contributed by atoms with Gasteiger partial charge in [0, 0.05) is 12.2 Å². The summed E-state index contributed by atoms with van der Waals surface area (Å²) in [5, 5.41) is 2.80. The average Bonchev–Trinajstić information content (AvgIpc) is 2.64. The van der Waals surface area contributed by atoms with E-state index in [2.05, 4.69) is 41.2 Å². The Hall–Kier alpha value is -3.21. The zero-order chi connectivity index (χ0) is 19.2. The van der Waals surface area contributed by atoms with Gasteiger partial charge in [0.1, 0.15) is 11.6 Å². The summed E-state index contributed by atoms with van der Waals surface area (Å²) in [6, 6.07) is 18.0. The maximum absolute atomic E-state index is 13.2. The first kappa shape index (κ1) is 18.6. The van der Waals surface area contributed by atoms with Crippen molar-refractivity contribution in [1.29, 1.82) is 0 Å². The highest BCUT2D eigenvalue weighted by atomic mass is 19.1. The van der Waals surface area contributed by atoms with Crippen LogP contribution >= 0.6 is 0 Å². The minimum absolute atomic E-state index is 0.115. The van der Waals surface area contributed by atoms with Gasteiger partial charge in [-0.3, -0.25) is 4.79 Å². The summed E-state index contributed by atoms with van der Waals surface area (Å²) in [5.74, 6) is 0.259. The molecule has 0 unspecified atom stereocenters. The van der Waals surface area contributed by atoms with Gasteiger partial charge in [-0.25, -0.2) is 9.37 Å². The van der Waals surface area contributed by atoms with Gasteiger partial charge in [0.25, 0.3) is 0 Å². The molecule has 138 valence electrons. The van der Waals surface area contributed by atoms with E-state index >= 15 is 0 Å². The largest absolute Gasteiger partial charge is 0.327 e. The molecule has 0 saturated heterocycles. The van der Waals surface area contributed by atoms with Gasteiger partial charge < -0.3 is 10.2 Å². The van der Waals surface area contributed by atoms with Crippen molar-refractivity contribution in [3.8, 4) is 0 Å². The minimum atomic E-state index is -0.345. The fourth-order valence-corrected chi connectivity index (χ4v) is 2.93. The lowest BCUT2D eigenvalue weighted by Gasteiger charge is -2.22. The van der Waals surface area contributed by atoms with Crippen molar-refractivity contribution in [2.24, 2.45) is 0 Å². The quantitative estimate of drug-likeness (QED) is 0.680. The van der Waals surface area contributed by atoms with E-state index in [1.54, 1.807) is 18.3 Å². The SMILES string of the molecule is CCN(c1cccc(C)c1)c1ccc(NC(=O)Cc2cccc(F)c2)cn1. The van der Waals surface area contributed by atoms with E-state index in [-0.39, 0.29) is 18.1 Å². The van der Waals surface area contributed by atoms with Crippen LogP contribution in [0.4, 0.5) is 21.6 Å². The molecule has 4 nitrogen and oxygen atoms in total. The molecule has 0 atom stereocenters. The van der Waals surface area contributed by atoms with Gasteiger partial charge in [0.15, 0.2) is 0 Å². The highest BCUT2D eigenvalue weighted by Crippen LogP contribution is 2.24. The number of nitrogens with one attached hydrogen (secondary N) is 1. The molecular weight excluding hydrogens is 341 g/mol. The van der Waals surface area contributed by atoms with Crippen molar-refractivity contribution in [2.45, 2.75) is 20.3 Å². The number of carbonyl (C=O) groups excluding carboxylic acids is 1. The Morgan fingerprint density at radius 2 is 1.93 bits per heavy atom. The molecule has 1 heterocycles. The predicted molar refractivity (Wildman–Crippen MR) is 107 cm³/mol. The number of halogens is 1. The number of carbonyl (C=O) groups is 1. The lowest BCUT2D eigenvalue weighted by atomic mass is 10.1. The third-order valence-electron chi connectivity index (χ3n) is 4.19. The molecule has 0 aliphatic rings. The summed E-state index contributed by atoms with van der Waals surface area (Å²) in [4.78, 5) is 18.7. The zero-order valence-electron chi connectivity index (χ0n) is 15.4. The number of amides is 1. The number of rotatable bonds is 6. The van der Waals surface area contributed by atoms with Crippen LogP contribution in [-0.4, -0.2) is 17.4 Å². The molecule has 0 aliphatic carbocycles. The first-order valence-corrected chi connectivity index (χ1v) is 8.89. The molecule has 1 amide bonds. The van der Waals surface area contributed by atoms with Crippen LogP contribution in [0, 0.1) is 12.7 Å². The number of nitrogens with zero attached hydrogens (tertiary/aromatic N) is 2. The van der Waals surface area contributed by atoms with E-state index in [1.807, 2.05) is 24.3 Å². The van der Waals surface area contributed by atoms with Crippen LogP contribution in [0.5, 0.6) is 0 Å². The van der Waals surface area contributed by atoms with E-state index in [0.29, 0.717) is 11.3 Å². The molecule has 2 aromatic carbocycles. The second kappa shape index (κ2) is 8.45. The molecule has 0 radical (unpaired) electrons. The van der Waals surface area contributed by atoms with Crippen molar-refractivity contribution in [2.75, 3.05) is 16.8 Å². The molecule has 0 aliphatic heterocycles. The normalized spacial score (nSPS) is 10.5. The number of hydrogen-bond donors (Lipinski definition) is 1. The molecule has 27 heavy (non-hydrogen) atoms. The Morgan fingerprint density at radius 3 is 2.59 bits per heavy atom. The third kappa shape index (κ3) is 4.91. The first-order valence-electron chi connectivity index (χ1n) is 8.89. The Labute approximate surface area is 158 Å². The van der Waals surface area contributed by atoms with E-state index in [4.69, 9.17) is 0 Å². The van der Waals surface area contributed by atoms with Gasteiger partial charge in [0.2, 0.25) is 5.91 Å². The number of benzene rings is 2. The summed E-state index contributed by atoms with van der Waals surface area (Å²) in [6.07, 6.45) is 1.75. The number of aromatic nitrogens is 1. The van der Waals surface area contributed by atoms with Gasteiger partial charge in [-0.2, -0.15) is 0 Å². The monoisotopic (exact) mass is 363 g/mol. The zero-order valence-corrected chi connectivity index (χ0v) is 15.4. The molecule has 3 aromatic rings. The van der Waals surface area contributed by atoms with Gasteiger partial charge >= 0.3 is 0 Å². The first-order chi connectivity index (χ1) is 13.0. The van der Waals surface area contributed by atoms with Crippen LogP contribution in [0.1, 0.15) is 18.1 Å². The van der Waals surface area contributed by atoms with Crippen LogP contribution in [0.15, 0.2) is 66.9 Å². The molecular formula is C22H22FN3O. The summed E-state index contributed by atoms with van der Waals surface area (Å²) < 4.78 is 13.2. The summed E-state index contributed by atoms with van der Waals surface area (Å²) in [7, 11) is 0. The van der Waals surface area contributed by atoms with Crippen LogP contribution in [-0.2, 0) is 11.2 Å². The molecule has 3 rings (SSSR count). The fraction of sp³-hybridized carbons (Fsp3) is 0.182. The van der Waals surface area contributed by atoms with Crippen LogP contribution in [0.25, 0.3) is 0 Å². The Kier molecular flexibility index (Phi) is 5.81. The number of pyridine rings is 1. The van der Waals surface area contributed by atoms with Crippen molar-refractivity contribution in [3.63, 3.8) is 0 Å². The third-order valence-corrected chi connectivity index (χ3v) is 4.19. The van der Waals surface area contributed by atoms with Crippen molar-refractivity contribution >= 4 is 23.1 Å². The number of anilines is 3. The Bertz CT molecular complexity index is 925. The van der Waals surface area contributed by atoms with E-state index in [0.717, 1.165) is 18.1 Å². The number of hydrogen-bond acceptors (Lipinski definition) is 3. The van der Waals surface area contributed by atoms with E-state index in [9.17, 15) is 9.18 Å². The highest BCUT2D eigenvalue weighted by molar-refractivity contribution is 5.92.